The summed E-state index contributed by atoms with van der Waals surface area (Å²) in [7, 11) is 2.20. The molecule has 1 saturated heterocycles. The van der Waals surface area contributed by atoms with Gasteiger partial charge in [-0.3, -0.25) is 4.99 Å². The van der Waals surface area contributed by atoms with Gasteiger partial charge in [-0.1, -0.05) is 19.8 Å². The zero-order valence-electron chi connectivity index (χ0n) is 12.3. The number of rotatable bonds is 7. The number of aliphatic imine (C=N–C) groups is 1. The van der Waals surface area contributed by atoms with Crippen LogP contribution < -0.4 is 10.6 Å². The van der Waals surface area contributed by atoms with Crippen LogP contribution in [0.15, 0.2) is 4.99 Å². The van der Waals surface area contributed by atoms with E-state index < -0.39 is 0 Å². The number of unbranched alkanes of at least 4 members (excludes halogenated alkanes) is 2. The molecule has 0 aliphatic carbocycles. The Bertz CT molecular complexity index is 240. The lowest BCUT2D eigenvalue weighted by atomic mass is 10.2. The maximum Gasteiger partial charge on any atom is 0.191 e. The van der Waals surface area contributed by atoms with E-state index >= 15 is 0 Å². The lowest BCUT2D eigenvalue weighted by molar-refractivity contribution is 0.317. The number of nitrogens with zero attached hydrogens (tertiary/aromatic N) is 2. The molecule has 1 atom stereocenters. The SMILES string of the molecule is CCCCCNC(=NCC1CCCN1C)NCC. The molecule has 4 heteroatoms. The first kappa shape index (κ1) is 15.3. The molecule has 0 amide bonds. The van der Waals surface area contributed by atoms with Gasteiger partial charge in [0.05, 0.1) is 6.54 Å². The normalized spacial score (nSPS) is 21.3. The van der Waals surface area contributed by atoms with Crippen LogP contribution in [0, 0.1) is 0 Å². The second kappa shape index (κ2) is 9.20. The van der Waals surface area contributed by atoms with Gasteiger partial charge < -0.3 is 15.5 Å². The summed E-state index contributed by atoms with van der Waals surface area (Å²) in [5.74, 6) is 0.980. The van der Waals surface area contributed by atoms with Crippen LogP contribution in [0.1, 0.15) is 46.0 Å². The first-order valence-corrected chi connectivity index (χ1v) is 7.50. The van der Waals surface area contributed by atoms with Crippen LogP contribution in [0.5, 0.6) is 0 Å². The topological polar surface area (TPSA) is 39.7 Å². The van der Waals surface area contributed by atoms with Crippen molar-refractivity contribution >= 4 is 5.96 Å². The van der Waals surface area contributed by atoms with Crippen LogP contribution in [0.3, 0.4) is 0 Å². The van der Waals surface area contributed by atoms with E-state index in [1.165, 1.54) is 38.6 Å². The number of likely N-dealkylation sites (tertiary alicyclic amines) is 1. The summed E-state index contributed by atoms with van der Waals surface area (Å²) >= 11 is 0. The summed E-state index contributed by atoms with van der Waals surface area (Å²) in [6, 6.07) is 0.635. The van der Waals surface area contributed by atoms with Crippen molar-refractivity contribution in [3.8, 4) is 0 Å². The maximum atomic E-state index is 4.70. The van der Waals surface area contributed by atoms with Crippen molar-refractivity contribution in [1.82, 2.24) is 15.5 Å². The minimum atomic E-state index is 0.635. The van der Waals surface area contributed by atoms with Gasteiger partial charge in [0.25, 0.3) is 0 Å². The second-order valence-electron chi connectivity index (χ2n) is 5.13. The van der Waals surface area contributed by atoms with Gasteiger partial charge >= 0.3 is 0 Å². The molecule has 1 rings (SSSR count). The first-order valence-electron chi connectivity index (χ1n) is 7.50. The number of nitrogens with one attached hydrogen (secondary N) is 2. The smallest absolute Gasteiger partial charge is 0.191 e. The van der Waals surface area contributed by atoms with Gasteiger partial charge in [-0.15, -0.1) is 0 Å². The van der Waals surface area contributed by atoms with Crippen molar-refractivity contribution < 1.29 is 0 Å². The first-order chi connectivity index (χ1) is 8.77. The standard InChI is InChI=1S/C14H30N4/c1-4-6-7-10-16-14(15-5-2)17-12-13-9-8-11-18(13)3/h13H,4-12H2,1-3H3,(H2,15,16,17). The minimum Gasteiger partial charge on any atom is -0.357 e. The third-order valence-electron chi connectivity index (χ3n) is 3.55. The summed E-state index contributed by atoms with van der Waals surface area (Å²) in [5.41, 5.74) is 0. The average molecular weight is 254 g/mol. The molecule has 0 bridgehead atoms. The summed E-state index contributed by atoms with van der Waals surface area (Å²) in [6.07, 6.45) is 6.39. The molecule has 0 aromatic carbocycles. The summed E-state index contributed by atoms with van der Waals surface area (Å²) in [4.78, 5) is 7.12. The Morgan fingerprint density at radius 1 is 1.28 bits per heavy atom. The van der Waals surface area contributed by atoms with Gasteiger partial charge in [0.2, 0.25) is 0 Å². The molecule has 18 heavy (non-hydrogen) atoms. The lowest BCUT2D eigenvalue weighted by Crippen LogP contribution is -2.39. The van der Waals surface area contributed by atoms with Crippen molar-refractivity contribution in [2.45, 2.75) is 52.0 Å². The molecule has 1 heterocycles. The number of hydrogen-bond acceptors (Lipinski definition) is 2. The van der Waals surface area contributed by atoms with Crippen molar-refractivity contribution in [2.75, 3.05) is 33.2 Å². The van der Waals surface area contributed by atoms with Crippen molar-refractivity contribution in [3.63, 3.8) is 0 Å². The fraction of sp³-hybridized carbons (Fsp3) is 0.929. The molecule has 0 aromatic rings. The molecule has 0 saturated carbocycles. The van der Waals surface area contributed by atoms with Crippen LogP contribution >= 0.6 is 0 Å². The van der Waals surface area contributed by atoms with E-state index in [1.54, 1.807) is 0 Å². The highest BCUT2D eigenvalue weighted by Gasteiger charge is 2.20. The van der Waals surface area contributed by atoms with Crippen LogP contribution in [-0.4, -0.2) is 50.1 Å². The summed E-state index contributed by atoms with van der Waals surface area (Å²) in [6.45, 7) is 8.45. The van der Waals surface area contributed by atoms with E-state index in [0.29, 0.717) is 6.04 Å². The number of hydrogen-bond donors (Lipinski definition) is 2. The maximum absolute atomic E-state index is 4.70. The fourth-order valence-electron chi connectivity index (χ4n) is 2.33. The third kappa shape index (κ3) is 5.71. The fourth-order valence-corrected chi connectivity index (χ4v) is 2.33. The van der Waals surface area contributed by atoms with Gasteiger partial charge in [0, 0.05) is 19.1 Å². The highest BCUT2D eigenvalue weighted by Crippen LogP contribution is 2.14. The Labute approximate surface area is 112 Å². The second-order valence-corrected chi connectivity index (χ2v) is 5.13. The summed E-state index contributed by atoms with van der Waals surface area (Å²) < 4.78 is 0. The quantitative estimate of drug-likeness (QED) is 0.414. The molecule has 0 aromatic heterocycles. The van der Waals surface area contributed by atoms with Crippen LogP contribution in [0.4, 0.5) is 0 Å². The molecule has 1 aliphatic rings. The zero-order chi connectivity index (χ0) is 13.2. The zero-order valence-corrected chi connectivity index (χ0v) is 12.3. The van der Waals surface area contributed by atoms with E-state index in [9.17, 15) is 0 Å². The van der Waals surface area contributed by atoms with Gasteiger partial charge in [0.1, 0.15) is 0 Å². The van der Waals surface area contributed by atoms with Gasteiger partial charge in [0.15, 0.2) is 5.96 Å². The summed E-state index contributed by atoms with van der Waals surface area (Å²) in [5, 5.41) is 6.73. The van der Waals surface area contributed by atoms with E-state index in [4.69, 9.17) is 4.99 Å². The molecule has 2 N–H and O–H groups in total. The van der Waals surface area contributed by atoms with Gasteiger partial charge in [-0.25, -0.2) is 0 Å². The van der Waals surface area contributed by atoms with Gasteiger partial charge in [-0.05, 0) is 39.8 Å². The number of likely N-dealkylation sites (N-methyl/N-ethyl adjacent to an activating group) is 1. The van der Waals surface area contributed by atoms with Gasteiger partial charge in [-0.2, -0.15) is 0 Å². The molecule has 106 valence electrons. The van der Waals surface area contributed by atoms with Crippen LogP contribution in [-0.2, 0) is 0 Å². The molecule has 1 aliphatic heterocycles. The molecule has 0 spiro atoms. The van der Waals surface area contributed by atoms with Crippen LogP contribution in [0.25, 0.3) is 0 Å². The Hall–Kier alpha value is -0.770. The van der Waals surface area contributed by atoms with E-state index in [2.05, 4.69) is 36.4 Å². The molecule has 0 radical (unpaired) electrons. The van der Waals surface area contributed by atoms with E-state index in [-0.39, 0.29) is 0 Å². The Morgan fingerprint density at radius 3 is 2.72 bits per heavy atom. The van der Waals surface area contributed by atoms with Crippen molar-refractivity contribution in [1.29, 1.82) is 0 Å². The molecule has 4 nitrogen and oxygen atoms in total. The van der Waals surface area contributed by atoms with Crippen LogP contribution in [0.2, 0.25) is 0 Å². The molecule has 1 fully saturated rings. The Morgan fingerprint density at radius 2 is 2.11 bits per heavy atom. The Balaban J connectivity index is 2.29. The van der Waals surface area contributed by atoms with Crippen molar-refractivity contribution in [3.05, 3.63) is 0 Å². The largest absolute Gasteiger partial charge is 0.357 e. The minimum absolute atomic E-state index is 0.635. The highest BCUT2D eigenvalue weighted by molar-refractivity contribution is 5.79. The predicted octanol–water partition coefficient (Wildman–Crippen LogP) is 1.83. The number of guanidine groups is 1. The molecule has 1 unspecified atom stereocenters. The predicted molar refractivity (Wildman–Crippen MR) is 79.2 cm³/mol. The monoisotopic (exact) mass is 254 g/mol. The molecular formula is C14H30N4. The van der Waals surface area contributed by atoms with E-state index in [0.717, 1.165) is 25.6 Å². The van der Waals surface area contributed by atoms with E-state index in [1.807, 2.05) is 0 Å². The Kier molecular flexibility index (Phi) is 7.81. The highest BCUT2D eigenvalue weighted by atomic mass is 15.2. The average Bonchev–Trinajstić information content (AvgIpc) is 2.77. The molecular weight excluding hydrogens is 224 g/mol. The lowest BCUT2D eigenvalue weighted by Gasteiger charge is -2.18. The van der Waals surface area contributed by atoms with Crippen molar-refractivity contribution in [2.24, 2.45) is 4.99 Å². The third-order valence-corrected chi connectivity index (χ3v) is 3.55.